The third-order valence-corrected chi connectivity index (χ3v) is 2.99. The summed E-state index contributed by atoms with van der Waals surface area (Å²) in [4.78, 5) is 7.70. The molecule has 0 saturated heterocycles. The molecule has 0 radical (unpaired) electrons. The Balaban J connectivity index is 2.37. The fourth-order valence-corrected chi connectivity index (χ4v) is 2.13. The quantitative estimate of drug-likeness (QED) is 0.866. The van der Waals surface area contributed by atoms with Gasteiger partial charge in [0.15, 0.2) is 0 Å². The highest BCUT2D eigenvalue weighted by Crippen LogP contribution is 2.23. The van der Waals surface area contributed by atoms with Gasteiger partial charge in [-0.15, -0.1) is 0 Å². The number of fused-ring (bicyclic) bond motifs is 1. The van der Waals surface area contributed by atoms with Crippen LogP contribution in [0.1, 0.15) is 37.6 Å². The van der Waals surface area contributed by atoms with E-state index in [4.69, 9.17) is 5.26 Å². The van der Waals surface area contributed by atoms with Crippen molar-refractivity contribution in [2.75, 3.05) is 6.61 Å². The number of aromatic nitrogens is 2. The molecule has 0 aliphatic heterocycles. The van der Waals surface area contributed by atoms with Gasteiger partial charge in [0, 0.05) is 5.92 Å². The van der Waals surface area contributed by atoms with Crippen LogP contribution in [0, 0.1) is 17.2 Å². The van der Waals surface area contributed by atoms with Gasteiger partial charge in [0.05, 0.1) is 29.3 Å². The molecule has 0 amide bonds. The number of aliphatic hydroxyl groups is 1. The maximum atomic E-state index is 9.44. The van der Waals surface area contributed by atoms with Crippen LogP contribution in [0.4, 0.5) is 0 Å². The molecule has 4 nitrogen and oxygen atoms in total. The molecule has 18 heavy (non-hydrogen) atoms. The van der Waals surface area contributed by atoms with Gasteiger partial charge in [-0.2, -0.15) is 5.26 Å². The number of hydrogen-bond acceptors (Lipinski definition) is 3. The lowest BCUT2D eigenvalue weighted by Crippen LogP contribution is -2.09. The van der Waals surface area contributed by atoms with E-state index in [2.05, 4.69) is 29.9 Å². The first-order valence-corrected chi connectivity index (χ1v) is 6.14. The highest BCUT2D eigenvalue weighted by atomic mass is 16.3. The zero-order valence-corrected chi connectivity index (χ0v) is 10.6. The molecule has 0 bridgehead atoms. The van der Waals surface area contributed by atoms with E-state index in [-0.39, 0.29) is 12.5 Å². The average molecular weight is 243 g/mol. The lowest BCUT2D eigenvalue weighted by atomic mass is 9.97. The van der Waals surface area contributed by atoms with Crippen molar-refractivity contribution in [2.45, 2.75) is 26.2 Å². The van der Waals surface area contributed by atoms with Crippen molar-refractivity contribution in [1.82, 2.24) is 9.97 Å². The van der Waals surface area contributed by atoms with Gasteiger partial charge in [-0.3, -0.25) is 0 Å². The zero-order chi connectivity index (χ0) is 13.1. The Labute approximate surface area is 106 Å². The van der Waals surface area contributed by atoms with Crippen LogP contribution < -0.4 is 0 Å². The number of nitrogens with zero attached hydrogens (tertiary/aromatic N) is 2. The summed E-state index contributed by atoms with van der Waals surface area (Å²) in [6.45, 7) is 4.33. The average Bonchev–Trinajstić information content (AvgIpc) is 2.77. The number of nitriles is 1. The first-order chi connectivity index (χ1) is 8.63. The van der Waals surface area contributed by atoms with Crippen molar-refractivity contribution < 1.29 is 5.11 Å². The number of H-pyrrole nitrogens is 1. The Morgan fingerprint density at radius 1 is 1.44 bits per heavy atom. The molecule has 1 aromatic carbocycles. The van der Waals surface area contributed by atoms with Gasteiger partial charge >= 0.3 is 0 Å². The molecular weight excluding hydrogens is 226 g/mol. The Bertz CT molecular complexity index is 580. The second kappa shape index (κ2) is 5.19. The second-order valence-corrected chi connectivity index (χ2v) is 4.97. The Kier molecular flexibility index (Phi) is 3.63. The predicted octanol–water partition coefficient (Wildman–Crippen LogP) is 2.56. The molecule has 4 heteroatoms. The lowest BCUT2D eigenvalue weighted by Gasteiger charge is -2.13. The zero-order valence-electron chi connectivity index (χ0n) is 10.6. The van der Waals surface area contributed by atoms with E-state index in [1.54, 1.807) is 12.1 Å². The van der Waals surface area contributed by atoms with Crippen LogP contribution in [0.15, 0.2) is 18.2 Å². The summed E-state index contributed by atoms with van der Waals surface area (Å²) in [6, 6.07) is 7.48. The minimum atomic E-state index is 0.0305. The van der Waals surface area contributed by atoms with Crippen LogP contribution in [0.2, 0.25) is 0 Å². The number of imidazole rings is 1. The van der Waals surface area contributed by atoms with Crippen molar-refractivity contribution in [3.63, 3.8) is 0 Å². The molecule has 2 N–H and O–H groups in total. The topological polar surface area (TPSA) is 72.7 Å². The summed E-state index contributed by atoms with van der Waals surface area (Å²) in [5, 5.41) is 18.3. The first-order valence-electron chi connectivity index (χ1n) is 6.14. The maximum absolute atomic E-state index is 9.44. The molecule has 2 aromatic rings. The van der Waals surface area contributed by atoms with Crippen LogP contribution in [0.3, 0.4) is 0 Å². The van der Waals surface area contributed by atoms with Crippen molar-refractivity contribution in [2.24, 2.45) is 5.92 Å². The van der Waals surface area contributed by atoms with Crippen molar-refractivity contribution in [1.29, 1.82) is 5.26 Å². The van der Waals surface area contributed by atoms with Gasteiger partial charge < -0.3 is 10.1 Å². The highest BCUT2D eigenvalue weighted by molar-refractivity contribution is 5.76. The molecule has 1 heterocycles. The monoisotopic (exact) mass is 243 g/mol. The van der Waals surface area contributed by atoms with E-state index in [1.807, 2.05) is 6.07 Å². The minimum absolute atomic E-state index is 0.0305. The smallest absolute Gasteiger partial charge is 0.112 e. The number of benzene rings is 1. The molecule has 0 fully saturated rings. The second-order valence-electron chi connectivity index (χ2n) is 4.97. The van der Waals surface area contributed by atoms with Crippen molar-refractivity contribution in [3.05, 3.63) is 29.6 Å². The van der Waals surface area contributed by atoms with E-state index in [1.165, 1.54) is 0 Å². The standard InChI is InChI=1S/C14H17N3O/c1-9(2)5-11(8-18)14-16-12-4-3-10(7-15)6-13(12)17-14/h3-4,6,9,11,18H,5,8H2,1-2H3,(H,16,17). The fraction of sp³-hybridized carbons (Fsp3) is 0.429. The molecule has 1 unspecified atom stereocenters. The maximum Gasteiger partial charge on any atom is 0.112 e. The first kappa shape index (κ1) is 12.6. The molecule has 0 aliphatic carbocycles. The van der Waals surface area contributed by atoms with Crippen LogP contribution in [0.25, 0.3) is 11.0 Å². The van der Waals surface area contributed by atoms with Crippen LogP contribution in [0.5, 0.6) is 0 Å². The summed E-state index contributed by atoms with van der Waals surface area (Å²) in [6.07, 6.45) is 0.890. The number of aliphatic hydroxyl groups excluding tert-OH is 1. The van der Waals surface area contributed by atoms with Gasteiger partial charge in [-0.25, -0.2) is 4.98 Å². The van der Waals surface area contributed by atoms with E-state index >= 15 is 0 Å². The molecule has 2 rings (SSSR count). The van der Waals surface area contributed by atoms with Gasteiger partial charge in [0.2, 0.25) is 0 Å². The normalized spacial score (nSPS) is 12.8. The van der Waals surface area contributed by atoms with E-state index in [0.717, 1.165) is 23.3 Å². The van der Waals surface area contributed by atoms with Crippen molar-refractivity contribution >= 4 is 11.0 Å². The van der Waals surface area contributed by atoms with Crippen LogP contribution >= 0.6 is 0 Å². The molecule has 1 aromatic heterocycles. The summed E-state index contributed by atoms with van der Waals surface area (Å²) in [5.41, 5.74) is 2.29. The van der Waals surface area contributed by atoms with E-state index in [0.29, 0.717) is 11.5 Å². The fourth-order valence-electron chi connectivity index (χ4n) is 2.13. The summed E-state index contributed by atoms with van der Waals surface area (Å²) < 4.78 is 0. The van der Waals surface area contributed by atoms with Gasteiger partial charge in [0.25, 0.3) is 0 Å². The third kappa shape index (κ3) is 2.52. The van der Waals surface area contributed by atoms with Gasteiger partial charge in [-0.05, 0) is 30.5 Å². The Hall–Kier alpha value is -1.86. The van der Waals surface area contributed by atoms with Crippen LogP contribution in [-0.2, 0) is 0 Å². The van der Waals surface area contributed by atoms with E-state index in [9.17, 15) is 5.11 Å². The lowest BCUT2D eigenvalue weighted by molar-refractivity contribution is 0.244. The van der Waals surface area contributed by atoms with Gasteiger partial charge in [-0.1, -0.05) is 13.8 Å². The number of hydrogen-bond donors (Lipinski definition) is 2. The predicted molar refractivity (Wildman–Crippen MR) is 70.1 cm³/mol. The summed E-state index contributed by atoms with van der Waals surface area (Å²) in [5.74, 6) is 1.34. The number of rotatable bonds is 4. The number of nitrogens with one attached hydrogen (secondary N) is 1. The summed E-state index contributed by atoms with van der Waals surface area (Å²) in [7, 11) is 0. The largest absolute Gasteiger partial charge is 0.396 e. The highest BCUT2D eigenvalue weighted by Gasteiger charge is 2.16. The molecule has 0 saturated carbocycles. The SMILES string of the molecule is CC(C)CC(CO)c1nc2cc(C#N)ccc2[nH]1. The van der Waals surface area contributed by atoms with Gasteiger partial charge in [0.1, 0.15) is 5.82 Å². The minimum Gasteiger partial charge on any atom is -0.396 e. The summed E-state index contributed by atoms with van der Waals surface area (Å²) >= 11 is 0. The Morgan fingerprint density at radius 2 is 2.22 bits per heavy atom. The van der Waals surface area contributed by atoms with Crippen molar-refractivity contribution in [3.8, 4) is 6.07 Å². The Morgan fingerprint density at radius 3 is 2.83 bits per heavy atom. The molecule has 94 valence electrons. The molecule has 1 atom stereocenters. The third-order valence-electron chi connectivity index (χ3n) is 2.99. The molecular formula is C14H17N3O. The van der Waals surface area contributed by atoms with E-state index < -0.39 is 0 Å². The molecule has 0 aliphatic rings. The van der Waals surface area contributed by atoms with Crippen LogP contribution in [-0.4, -0.2) is 21.7 Å². The molecule has 0 spiro atoms. The number of aromatic amines is 1.